The van der Waals surface area contributed by atoms with Crippen molar-refractivity contribution in [3.63, 3.8) is 0 Å². The minimum atomic E-state index is -1.00. The minimum absolute atomic E-state index is 0.160. The molecule has 2 aromatic carbocycles. The number of rotatable bonds is 12. The van der Waals surface area contributed by atoms with E-state index in [1.165, 1.54) is 65.8 Å². The zero-order valence-corrected chi connectivity index (χ0v) is 68.0. The number of hydrogen-bond acceptors (Lipinski definition) is 16. The van der Waals surface area contributed by atoms with Crippen LogP contribution in [0.15, 0.2) is 85.7 Å². The standard InChI is InChI=1S/C50H70N8O6.C36H50N6O3.CH3F/c1-10-42(59)56-24-20-35(28-56)47(61)54(9)44(32(5)6)46(60)52-40-29-55-22-13-15-34(27-55)33-18-19-41-37(25-33)38(45(57(41)11-2)36-16-12-21-51-43(36)31(3)4)26-50(7,8)30-64-49(63)39-17-14-23-58(53-39)48(40)62;1-6-41-31-14-13-24-18-27(31)28(33(41)26-11-7-15-38-32(26)23(2)3)19-36(4,5)22-45-35(44)30-12-9-17-42(39-30)34(43)29(37)21-40-16-8-10-25(24)20-40;1-2/h10,12,16,18-19,21,25,31-32,34-35,39-40,44,53H,1,11,13-15,17,20,22-24,26-30H2,2-9H3,(H,52,60);7,11,13-15,18,23,25,29-30,39H,6,8-10,12,16-17,19-22,37H2,1-5H3;1H3/t34-,35+,39+,40+,44+;25?,29-,30-;/m10./s1/i;;1D. The molecule has 10 atom stereocenters. The molecule has 5 fully saturated rings. The Balaban J connectivity index is 0.000000226. The minimum Gasteiger partial charge on any atom is -0.464 e. The van der Waals surface area contributed by atoms with Crippen molar-refractivity contribution < 1.29 is 48.8 Å². The number of fused-ring (bicyclic) bond motifs is 12. The van der Waals surface area contributed by atoms with Crippen LogP contribution in [0, 0.1) is 22.7 Å². The Hall–Kier alpha value is -8.42. The molecule has 11 heterocycles. The number of halogens is 1. The number of benzene rings is 2. The first-order valence-corrected chi connectivity index (χ1v) is 40.7. The monoisotopic (exact) mass is 1530 g/mol. The maximum absolute atomic E-state index is 14.7. The number of nitrogens with zero attached hydrogens (tertiary/aromatic N) is 10. The second-order valence-electron chi connectivity index (χ2n) is 34.4. The molecule has 12 bridgehead atoms. The molecule has 7 aliphatic heterocycles. The number of carbonyl (C=O) groups is 7. The summed E-state index contributed by atoms with van der Waals surface area (Å²) in [6.07, 6.45) is 13.4. The Bertz CT molecular complexity index is 4380. The molecule has 602 valence electrons. The van der Waals surface area contributed by atoms with Gasteiger partial charge in [0.2, 0.25) is 17.7 Å². The molecule has 0 spiro atoms. The highest BCUT2D eigenvalue weighted by molar-refractivity contribution is 5.96. The zero-order chi connectivity index (χ0) is 80.6. The van der Waals surface area contributed by atoms with Crippen molar-refractivity contribution >= 4 is 63.3 Å². The molecule has 5 N–H and O–H groups in total. The molecule has 111 heavy (non-hydrogen) atoms. The lowest BCUT2D eigenvalue weighted by atomic mass is 9.83. The fraction of sp³-hybridized carbons (Fsp3) is 0.598. The number of hydrazine groups is 2. The zero-order valence-electron chi connectivity index (χ0n) is 69.0. The van der Waals surface area contributed by atoms with Crippen LogP contribution in [0.25, 0.3) is 44.3 Å². The van der Waals surface area contributed by atoms with E-state index in [1.54, 1.807) is 17.0 Å². The number of likely N-dealkylation sites (tertiary alicyclic amines) is 1. The van der Waals surface area contributed by atoms with Crippen LogP contribution in [0.2, 0.25) is 0 Å². The van der Waals surface area contributed by atoms with Crippen LogP contribution >= 0.6 is 0 Å². The highest BCUT2D eigenvalue weighted by Gasteiger charge is 2.43. The van der Waals surface area contributed by atoms with Gasteiger partial charge in [-0.2, -0.15) is 0 Å². The molecule has 7 aliphatic rings. The van der Waals surface area contributed by atoms with Crippen LogP contribution < -0.4 is 21.9 Å². The van der Waals surface area contributed by atoms with Gasteiger partial charge in [-0.25, -0.2) is 10.9 Å². The van der Waals surface area contributed by atoms with Crippen LogP contribution in [-0.2, 0) is 69.0 Å². The molecule has 4 aromatic heterocycles. The number of carbonyl (C=O) groups excluding carboxylic acids is 7. The van der Waals surface area contributed by atoms with Crippen molar-refractivity contribution in [1.29, 1.82) is 0 Å². The number of likely N-dealkylation sites (N-methyl/N-ethyl adjacent to an activating group) is 1. The molecule has 3 unspecified atom stereocenters. The third kappa shape index (κ3) is 18.6. The largest absolute Gasteiger partial charge is 0.464 e. The summed E-state index contributed by atoms with van der Waals surface area (Å²) < 4.78 is 32.5. The number of amides is 5. The first-order chi connectivity index (χ1) is 53.5. The number of ether oxygens (including phenoxy) is 2. The summed E-state index contributed by atoms with van der Waals surface area (Å²) >= 11 is 0. The predicted molar refractivity (Wildman–Crippen MR) is 433 cm³/mol. The van der Waals surface area contributed by atoms with Crippen molar-refractivity contribution in [3.05, 3.63) is 119 Å². The van der Waals surface area contributed by atoms with Gasteiger partial charge in [-0.3, -0.25) is 57.9 Å². The van der Waals surface area contributed by atoms with E-state index in [9.17, 15) is 38.0 Å². The SMILES string of the molecule is C=CC(=O)N1CC[C@H](C(=O)N(C)[C@H](C(=O)N[C@H]2CN3CCC[C@H](C3)c3ccc4c(c3)c(c(-c3cccnc3C(C)C)n4CC)CC(C)(C)COC(=O)[C@@H]3CCCN(N3)C2=O)C(C)C)C1.CCn1c(-c2cccnc2C(C)C)c2c3cc(ccc31)C1CCCN(C1)C[C@H](N)C(=O)N1CCC[C@H](N1)C(=O)OCC(C)(C)C2.[2H]CF. The van der Waals surface area contributed by atoms with E-state index >= 15 is 0 Å². The number of nitrogens with one attached hydrogen (secondary N) is 3. The van der Waals surface area contributed by atoms with Crippen molar-refractivity contribution in [1.82, 2.24) is 64.9 Å². The van der Waals surface area contributed by atoms with Crippen LogP contribution in [0.3, 0.4) is 0 Å². The number of pyridine rings is 2. The van der Waals surface area contributed by atoms with E-state index in [4.69, 9.17) is 26.5 Å². The highest BCUT2D eigenvalue weighted by atomic mass is 19.1. The molecule has 5 saturated heterocycles. The number of hydrogen-bond donors (Lipinski definition) is 4. The van der Waals surface area contributed by atoms with Crippen LogP contribution in [0.4, 0.5) is 4.39 Å². The fourth-order valence-corrected chi connectivity index (χ4v) is 18.3. The van der Waals surface area contributed by atoms with Gasteiger partial charge in [-0.05, 0) is 204 Å². The van der Waals surface area contributed by atoms with Gasteiger partial charge in [-0.15, -0.1) is 0 Å². The van der Waals surface area contributed by atoms with Crippen LogP contribution in [-0.4, -0.2) is 213 Å². The van der Waals surface area contributed by atoms with Gasteiger partial charge in [0.05, 0.1) is 56.5 Å². The summed E-state index contributed by atoms with van der Waals surface area (Å²) in [5, 5.41) is 8.60. The number of aryl methyl sites for hydroxylation is 2. The third-order valence-corrected chi connectivity index (χ3v) is 23.8. The second-order valence-corrected chi connectivity index (χ2v) is 34.4. The van der Waals surface area contributed by atoms with E-state index < -0.39 is 60.6 Å². The number of esters is 2. The Labute approximate surface area is 657 Å². The van der Waals surface area contributed by atoms with Gasteiger partial charge in [0, 0.05) is 129 Å². The van der Waals surface area contributed by atoms with E-state index in [0.29, 0.717) is 70.7 Å². The number of nitrogens with two attached hydrogens (primary N) is 1. The average molecular weight is 1530 g/mol. The van der Waals surface area contributed by atoms with Crippen molar-refractivity contribution in [3.8, 4) is 22.5 Å². The van der Waals surface area contributed by atoms with Gasteiger partial charge in [0.15, 0.2) is 0 Å². The molecule has 6 aromatic rings. The molecule has 0 saturated carbocycles. The smallest absolute Gasteiger partial charge is 0.324 e. The maximum atomic E-state index is 14.7. The lowest BCUT2D eigenvalue weighted by molar-refractivity contribution is -0.156. The first kappa shape index (κ1) is 82.0. The lowest BCUT2D eigenvalue weighted by Crippen LogP contribution is -2.64. The molecule has 0 aliphatic carbocycles. The summed E-state index contributed by atoms with van der Waals surface area (Å²) in [6, 6.07) is 18.6. The number of aromatic nitrogens is 4. The number of alkyl halides is 1. The van der Waals surface area contributed by atoms with E-state index in [-0.39, 0.29) is 85.0 Å². The molecular weight excluding hydrogens is 1400 g/mol. The van der Waals surface area contributed by atoms with Crippen LogP contribution in [0.5, 0.6) is 0 Å². The maximum Gasteiger partial charge on any atom is 0.324 e. The van der Waals surface area contributed by atoms with Crippen molar-refractivity contribution in [2.24, 2.45) is 28.4 Å². The molecule has 24 heteroatoms. The molecular formula is C87H123FN14O9. The van der Waals surface area contributed by atoms with Gasteiger partial charge in [0.1, 0.15) is 24.2 Å². The molecule has 23 nitrogen and oxygen atoms in total. The Kier molecular flexibility index (Phi) is 26.7. The van der Waals surface area contributed by atoms with E-state index in [2.05, 4.69) is 159 Å². The summed E-state index contributed by atoms with van der Waals surface area (Å²) in [5.74, 6) is -1.77. The summed E-state index contributed by atoms with van der Waals surface area (Å²) in [6.45, 7) is 36.9. The third-order valence-electron chi connectivity index (χ3n) is 23.8. The first-order valence-electron chi connectivity index (χ1n) is 41.4. The van der Waals surface area contributed by atoms with Crippen molar-refractivity contribution in [2.75, 3.05) is 92.9 Å². The van der Waals surface area contributed by atoms with Gasteiger partial charge < -0.3 is 49.3 Å². The Morgan fingerprint density at radius 1 is 0.667 bits per heavy atom. The Morgan fingerprint density at radius 2 is 1.14 bits per heavy atom. The fourth-order valence-electron chi connectivity index (χ4n) is 18.3. The van der Waals surface area contributed by atoms with Gasteiger partial charge >= 0.3 is 11.9 Å². The normalized spacial score (nSPS) is 25.0. The second kappa shape index (κ2) is 36.2. The van der Waals surface area contributed by atoms with E-state index in [0.717, 1.165) is 99.4 Å². The summed E-state index contributed by atoms with van der Waals surface area (Å²) in [4.78, 5) is 114. The highest BCUT2D eigenvalue weighted by Crippen LogP contribution is 2.45. The number of cyclic esters (lactones) is 2. The topological polar surface area (TPSA) is 255 Å². The lowest BCUT2D eigenvalue weighted by Gasteiger charge is -2.39. The van der Waals surface area contributed by atoms with Crippen LogP contribution in [0.1, 0.15) is 200 Å². The molecule has 0 radical (unpaired) electrons. The Morgan fingerprint density at radius 3 is 1.59 bits per heavy atom. The number of piperidine rings is 2. The summed E-state index contributed by atoms with van der Waals surface area (Å²) in [7, 11) is 0.634. The predicted octanol–water partition coefficient (Wildman–Crippen LogP) is 11.2. The van der Waals surface area contributed by atoms with Gasteiger partial charge in [-0.1, -0.05) is 87.9 Å². The molecule has 5 amide bonds. The van der Waals surface area contributed by atoms with E-state index in [1.807, 2.05) is 38.4 Å². The quantitative estimate of drug-likeness (QED) is 0.0656. The molecule has 13 rings (SSSR count). The average Bonchev–Trinajstić information content (AvgIpc) is 1.59. The van der Waals surface area contributed by atoms with Crippen molar-refractivity contribution in [2.45, 2.75) is 221 Å². The van der Waals surface area contributed by atoms with Gasteiger partial charge in [0.25, 0.3) is 11.8 Å². The summed E-state index contributed by atoms with van der Waals surface area (Å²) in [5.41, 5.74) is 26.3.